The number of hydrogen-bond acceptors (Lipinski definition) is 7. The average Bonchev–Trinajstić information content (AvgIpc) is 3.20. The number of carboxylic acid groups (broad SMARTS) is 1. The van der Waals surface area contributed by atoms with Crippen LogP contribution in [0.4, 0.5) is 9.52 Å². The van der Waals surface area contributed by atoms with Crippen molar-refractivity contribution in [3.63, 3.8) is 0 Å². The third-order valence-electron chi connectivity index (χ3n) is 4.03. The number of aliphatic carboxylic acids is 1. The minimum Gasteiger partial charge on any atom is -0.481 e. The molecule has 3 rings (SSSR count). The molecule has 10 heteroatoms. The van der Waals surface area contributed by atoms with Gasteiger partial charge in [-0.2, -0.15) is 0 Å². The Balaban J connectivity index is 1.67. The predicted molar refractivity (Wildman–Crippen MR) is 91.9 cm³/mol. The van der Waals surface area contributed by atoms with Gasteiger partial charge in [0.05, 0.1) is 11.7 Å². The fraction of sp³-hybridized carbons (Fsp3) is 0.333. The van der Waals surface area contributed by atoms with Crippen LogP contribution in [0.1, 0.15) is 11.5 Å². The first kappa shape index (κ1) is 17.6. The smallest absolute Gasteiger partial charge is 0.308 e. The maximum atomic E-state index is 13.1. The van der Waals surface area contributed by atoms with Gasteiger partial charge in [-0.05, 0) is 17.7 Å². The van der Waals surface area contributed by atoms with Gasteiger partial charge in [0.1, 0.15) is 5.82 Å². The van der Waals surface area contributed by atoms with Crippen molar-refractivity contribution in [3.05, 3.63) is 35.6 Å². The normalized spacial score (nSPS) is 20.0. The van der Waals surface area contributed by atoms with E-state index < -0.39 is 11.9 Å². The Morgan fingerprint density at radius 1 is 1.32 bits per heavy atom. The molecule has 1 aliphatic rings. The largest absolute Gasteiger partial charge is 0.481 e. The summed E-state index contributed by atoms with van der Waals surface area (Å²) in [4.78, 5) is 25.5. The number of carbonyl (C=O) groups excluding carboxylic acids is 1. The van der Waals surface area contributed by atoms with Crippen molar-refractivity contribution in [3.8, 4) is 0 Å². The van der Waals surface area contributed by atoms with Crippen molar-refractivity contribution < 1.29 is 19.1 Å². The summed E-state index contributed by atoms with van der Waals surface area (Å²) in [6.45, 7) is 0.426. The topological polar surface area (TPSA) is 109 Å². The maximum Gasteiger partial charge on any atom is 0.308 e. The summed E-state index contributed by atoms with van der Waals surface area (Å²) in [5, 5.41) is 17.3. The Hall–Kier alpha value is -2.20. The molecule has 1 saturated heterocycles. The summed E-state index contributed by atoms with van der Waals surface area (Å²) in [6.07, 6.45) is 0. The zero-order valence-electron chi connectivity index (χ0n) is 13.0. The van der Waals surface area contributed by atoms with E-state index in [-0.39, 0.29) is 29.9 Å². The fourth-order valence-corrected chi connectivity index (χ4v) is 4.34. The molecule has 1 amide bonds. The highest BCUT2D eigenvalue weighted by molar-refractivity contribution is 8.01. The maximum absolute atomic E-state index is 13.1. The number of amides is 1. The third-order valence-corrected chi connectivity index (χ3v) is 5.90. The molecule has 1 aromatic heterocycles. The number of aromatic nitrogens is 2. The minimum atomic E-state index is -0.964. The molecule has 0 bridgehead atoms. The molecule has 2 atom stereocenters. The molecule has 1 fully saturated rings. The van der Waals surface area contributed by atoms with E-state index in [9.17, 15) is 19.1 Å². The van der Waals surface area contributed by atoms with Crippen molar-refractivity contribution in [2.75, 3.05) is 24.6 Å². The van der Waals surface area contributed by atoms with Crippen LogP contribution in [0.2, 0.25) is 0 Å². The first-order valence-corrected chi connectivity index (χ1v) is 9.22. The standard InChI is InChI=1S/C15H15FN4O3S2/c16-9-3-1-8(2-4-9)10-5-20(6-11(10)13(22)23)12(21)7-24-15-19-18-14(17)25-15/h1-4,10-11H,5-7H2,(H2,17,18)(H,22,23)/t10-,11+/m1/s1. The molecule has 0 radical (unpaired) electrons. The van der Waals surface area contributed by atoms with Crippen molar-refractivity contribution >= 4 is 40.1 Å². The summed E-state index contributed by atoms with van der Waals surface area (Å²) >= 11 is 2.42. The molecule has 0 unspecified atom stereocenters. The number of likely N-dealkylation sites (tertiary alicyclic amines) is 1. The van der Waals surface area contributed by atoms with E-state index in [0.717, 1.165) is 0 Å². The van der Waals surface area contributed by atoms with Gasteiger partial charge in [-0.1, -0.05) is 35.2 Å². The van der Waals surface area contributed by atoms with Gasteiger partial charge in [-0.25, -0.2) is 4.39 Å². The van der Waals surface area contributed by atoms with E-state index in [1.807, 2.05) is 0 Å². The van der Waals surface area contributed by atoms with Gasteiger partial charge >= 0.3 is 5.97 Å². The molecule has 0 aliphatic carbocycles. The van der Waals surface area contributed by atoms with E-state index >= 15 is 0 Å². The summed E-state index contributed by atoms with van der Waals surface area (Å²) in [7, 11) is 0. The Kier molecular flexibility index (Phi) is 5.19. The SMILES string of the molecule is Nc1nnc(SCC(=O)N2C[C@H](C(=O)O)[C@@H](c3ccc(F)cc3)C2)s1. The lowest BCUT2D eigenvalue weighted by molar-refractivity contribution is -0.141. The van der Waals surface area contributed by atoms with Gasteiger partial charge in [-0.3, -0.25) is 9.59 Å². The number of nitrogens with zero attached hydrogens (tertiary/aromatic N) is 3. The van der Waals surface area contributed by atoms with Crippen molar-refractivity contribution in [1.82, 2.24) is 15.1 Å². The van der Waals surface area contributed by atoms with Crippen LogP contribution in [-0.4, -0.2) is 50.9 Å². The van der Waals surface area contributed by atoms with Crippen LogP contribution >= 0.6 is 23.1 Å². The monoisotopic (exact) mass is 382 g/mol. The summed E-state index contributed by atoms with van der Waals surface area (Å²) in [5.41, 5.74) is 6.21. The summed E-state index contributed by atoms with van der Waals surface area (Å²) < 4.78 is 13.7. The molecule has 3 N–H and O–H groups in total. The number of anilines is 1. The highest BCUT2D eigenvalue weighted by atomic mass is 32.2. The summed E-state index contributed by atoms with van der Waals surface area (Å²) in [5.74, 6) is -2.45. The Labute approximate surface area is 151 Å². The van der Waals surface area contributed by atoms with Crippen LogP contribution in [-0.2, 0) is 9.59 Å². The Morgan fingerprint density at radius 2 is 2.04 bits per heavy atom. The number of carbonyl (C=O) groups is 2. The van der Waals surface area contributed by atoms with Gasteiger partial charge in [0.2, 0.25) is 11.0 Å². The highest BCUT2D eigenvalue weighted by Gasteiger charge is 2.40. The Bertz CT molecular complexity index is 783. The molecule has 132 valence electrons. The molecular formula is C15H15FN4O3S2. The number of hydrogen-bond donors (Lipinski definition) is 2. The van der Waals surface area contributed by atoms with Gasteiger partial charge < -0.3 is 15.7 Å². The minimum absolute atomic E-state index is 0.134. The zero-order valence-corrected chi connectivity index (χ0v) is 14.6. The van der Waals surface area contributed by atoms with E-state index in [1.54, 1.807) is 12.1 Å². The second-order valence-corrected chi connectivity index (χ2v) is 7.83. The molecule has 25 heavy (non-hydrogen) atoms. The quantitative estimate of drug-likeness (QED) is 0.757. The van der Waals surface area contributed by atoms with E-state index in [1.165, 1.54) is 40.1 Å². The lowest BCUT2D eigenvalue weighted by Gasteiger charge is -2.16. The third kappa shape index (κ3) is 4.07. The van der Waals surface area contributed by atoms with Crippen LogP contribution in [0.15, 0.2) is 28.6 Å². The van der Waals surface area contributed by atoms with E-state index in [2.05, 4.69) is 10.2 Å². The lowest BCUT2D eigenvalue weighted by atomic mass is 9.89. The first-order chi connectivity index (χ1) is 11.9. The molecular weight excluding hydrogens is 367 g/mol. The average molecular weight is 382 g/mol. The Morgan fingerprint density at radius 3 is 2.64 bits per heavy atom. The van der Waals surface area contributed by atoms with Crippen LogP contribution in [0, 0.1) is 11.7 Å². The molecule has 0 spiro atoms. The number of nitrogens with two attached hydrogens (primary N) is 1. The number of benzene rings is 1. The van der Waals surface area contributed by atoms with Gasteiger partial charge in [-0.15, -0.1) is 10.2 Å². The number of rotatable bonds is 5. The number of thioether (sulfide) groups is 1. The second-order valence-electron chi connectivity index (χ2n) is 5.60. The first-order valence-electron chi connectivity index (χ1n) is 7.42. The van der Waals surface area contributed by atoms with Crippen LogP contribution < -0.4 is 5.73 Å². The van der Waals surface area contributed by atoms with E-state index in [0.29, 0.717) is 21.6 Å². The summed E-state index contributed by atoms with van der Waals surface area (Å²) in [6, 6.07) is 5.74. The molecule has 7 nitrogen and oxygen atoms in total. The van der Waals surface area contributed by atoms with Crippen LogP contribution in [0.3, 0.4) is 0 Å². The lowest BCUT2D eigenvalue weighted by Crippen LogP contribution is -2.31. The highest BCUT2D eigenvalue weighted by Crippen LogP contribution is 2.34. The number of halogens is 1. The molecule has 0 saturated carbocycles. The number of nitrogen functional groups attached to an aromatic ring is 1. The predicted octanol–water partition coefficient (Wildman–Crippen LogP) is 1.68. The molecule has 1 aromatic carbocycles. The molecule has 2 aromatic rings. The van der Waals surface area contributed by atoms with Crippen LogP contribution in [0.25, 0.3) is 0 Å². The van der Waals surface area contributed by atoms with Gasteiger partial charge in [0, 0.05) is 19.0 Å². The molecule has 2 heterocycles. The second kappa shape index (κ2) is 7.36. The van der Waals surface area contributed by atoms with Gasteiger partial charge in [0.15, 0.2) is 4.34 Å². The van der Waals surface area contributed by atoms with Crippen molar-refractivity contribution in [2.45, 2.75) is 10.3 Å². The number of carboxylic acids is 1. The van der Waals surface area contributed by atoms with Gasteiger partial charge in [0.25, 0.3) is 0 Å². The van der Waals surface area contributed by atoms with Crippen molar-refractivity contribution in [1.29, 1.82) is 0 Å². The van der Waals surface area contributed by atoms with Crippen molar-refractivity contribution in [2.24, 2.45) is 5.92 Å². The van der Waals surface area contributed by atoms with E-state index in [4.69, 9.17) is 5.73 Å². The fourth-order valence-electron chi connectivity index (χ4n) is 2.80. The zero-order chi connectivity index (χ0) is 18.0. The van der Waals surface area contributed by atoms with Crippen LogP contribution in [0.5, 0.6) is 0 Å². The molecule has 1 aliphatic heterocycles.